The summed E-state index contributed by atoms with van der Waals surface area (Å²) in [5, 5.41) is 0. The lowest BCUT2D eigenvalue weighted by Gasteiger charge is -2.57. The molecule has 0 radical (unpaired) electrons. The topological polar surface area (TPSA) is 46.6 Å². The second-order valence-electron chi connectivity index (χ2n) is 9.01. The maximum absolute atomic E-state index is 14.1. The smallest absolute Gasteiger partial charge is 0.239 e. The van der Waals surface area contributed by atoms with Gasteiger partial charge in [-0.2, -0.15) is 0 Å². The molecule has 164 valence electrons. The number of ether oxygens (including phenoxy) is 1. The molecule has 0 aromatic heterocycles. The van der Waals surface area contributed by atoms with Crippen LogP contribution in [0.15, 0.2) is 102 Å². The third kappa shape index (κ3) is 2.85. The summed E-state index contributed by atoms with van der Waals surface area (Å²) in [5.41, 5.74) is 1.26. The van der Waals surface area contributed by atoms with Crippen LogP contribution in [0.2, 0.25) is 0 Å². The number of benzene rings is 3. The van der Waals surface area contributed by atoms with Crippen molar-refractivity contribution >= 4 is 33.3 Å². The standard InChI is InChI=1S/C28H22BrNO3/c29-21-13-11-20(12-14-21)28-16-15-23(31)17-24(28)27(18-33-28)25(19-7-3-1-4-8-19)30(26(27)32)22-9-5-2-6-10-22/h1-16,24-25H,17-18H2/t24-,25+,27+,28+/m0/s1. The van der Waals surface area contributed by atoms with Gasteiger partial charge < -0.3 is 9.64 Å². The minimum atomic E-state index is -0.815. The number of rotatable bonds is 3. The van der Waals surface area contributed by atoms with E-state index in [0.717, 1.165) is 21.3 Å². The fourth-order valence-corrected chi connectivity index (χ4v) is 6.20. The van der Waals surface area contributed by atoms with Gasteiger partial charge in [-0.25, -0.2) is 0 Å². The van der Waals surface area contributed by atoms with E-state index in [1.165, 1.54) is 0 Å². The summed E-state index contributed by atoms with van der Waals surface area (Å²) in [4.78, 5) is 28.6. The first-order valence-electron chi connectivity index (χ1n) is 11.1. The minimum Gasteiger partial charge on any atom is -0.365 e. The molecule has 6 rings (SSSR count). The second kappa shape index (κ2) is 7.51. The zero-order chi connectivity index (χ0) is 22.6. The number of carbonyl (C=O) groups is 2. The number of allylic oxidation sites excluding steroid dienone is 1. The van der Waals surface area contributed by atoms with Crippen molar-refractivity contribution in [3.8, 4) is 0 Å². The van der Waals surface area contributed by atoms with Crippen LogP contribution in [-0.2, 0) is 19.9 Å². The van der Waals surface area contributed by atoms with Gasteiger partial charge in [-0.15, -0.1) is 0 Å². The maximum atomic E-state index is 14.1. The molecule has 1 aliphatic carbocycles. The quantitative estimate of drug-likeness (QED) is 0.441. The zero-order valence-corrected chi connectivity index (χ0v) is 19.4. The van der Waals surface area contributed by atoms with Crippen molar-refractivity contribution < 1.29 is 14.3 Å². The first-order chi connectivity index (χ1) is 16.1. The first-order valence-corrected chi connectivity index (χ1v) is 11.9. The fraction of sp³-hybridized carbons (Fsp3) is 0.214. The molecule has 2 fully saturated rings. The van der Waals surface area contributed by atoms with Crippen molar-refractivity contribution in [1.29, 1.82) is 0 Å². The van der Waals surface area contributed by atoms with Crippen LogP contribution in [0.1, 0.15) is 23.6 Å². The van der Waals surface area contributed by atoms with Crippen molar-refractivity contribution in [2.45, 2.75) is 18.1 Å². The summed E-state index contributed by atoms with van der Waals surface area (Å²) in [6.07, 6.45) is 3.78. The van der Waals surface area contributed by atoms with E-state index in [9.17, 15) is 9.59 Å². The van der Waals surface area contributed by atoms with Crippen molar-refractivity contribution in [3.63, 3.8) is 0 Å². The highest BCUT2D eigenvalue weighted by molar-refractivity contribution is 9.10. The Bertz CT molecular complexity index is 1260. The molecular weight excluding hydrogens is 478 g/mol. The van der Waals surface area contributed by atoms with Crippen molar-refractivity contribution in [2.75, 3.05) is 11.5 Å². The van der Waals surface area contributed by atoms with Gasteiger partial charge in [0, 0.05) is 22.5 Å². The predicted molar refractivity (Wildman–Crippen MR) is 130 cm³/mol. The molecule has 33 heavy (non-hydrogen) atoms. The van der Waals surface area contributed by atoms with Crippen LogP contribution in [0.4, 0.5) is 5.69 Å². The van der Waals surface area contributed by atoms with E-state index in [1.54, 1.807) is 6.08 Å². The number of ketones is 1. The summed E-state index contributed by atoms with van der Waals surface area (Å²) in [5.74, 6) is -0.230. The van der Waals surface area contributed by atoms with Crippen molar-refractivity contribution in [1.82, 2.24) is 0 Å². The second-order valence-corrected chi connectivity index (χ2v) is 9.92. The Kier molecular flexibility index (Phi) is 4.68. The minimum absolute atomic E-state index is 0.0228. The van der Waals surface area contributed by atoms with Gasteiger partial charge in [0.15, 0.2) is 5.78 Å². The number of carbonyl (C=O) groups excluding carboxylic acids is 2. The lowest BCUT2D eigenvalue weighted by molar-refractivity contribution is -0.144. The SMILES string of the molecule is O=C1C=C[C@]2(c3ccc(Br)cc3)OC[C@@]3(C(=O)N(c4ccccc4)[C@@H]3c3ccccc3)[C@@H]2C1. The van der Waals surface area contributed by atoms with Crippen LogP contribution in [-0.4, -0.2) is 18.3 Å². The zero-order valence-electron chi connectivity index (χ0n) is 17.9. The Morgan fingerprint density at radius 2 is 1.55 bits per heavy atom. The summed E-state index contributed by atoms with van der Waals surface area (Å²) < 4.78 is 7.55. The number of fused-ring (bicyclic) bond motifs is 2. The van der Waals surface area contributed by atoms with E-state index in [2.05, 4.69) is 28.1 Å². The Hall–Kier alpha value is -3.02. The third-order valence-electron chi connectivity index (χ3n) is 7.42. The number of hydrogen-bond acceptors (Lipinski definition) is 3. The molecule has 3 aliphatic rings. The molecule has 1 spiro atoms. The van der Waals surface area contributed by atoms with Gasteiger partial charge in [-0.1, -0.05) is 76.6 Å². The van der Waals surface area contributed by atoms with Crippen LogP contribution in [0.5, 0.6) is 0 Å². The Balaban J connectivity index is 1.52. The molecule has 2 saturated heterocycles. The van der Waals surface area contributed by atoms with E-state index in [0.29, 0.717) is 0 Å². The van der Waals surface area contributed by atoms with Crippen LogP contribution in [0.3, 0.4) is 0 Å². The fourth-order valence-electron chi connectivity index (χ4n) is 5.94. The molecule has 0 N–H and O–H groups in total. The van der Waals surface area contributed by atoms with E-state index in [4.69, 9.17) is 4.74 Å². The predicted octanol–water partition coefficient (Wildman–Crippen LogP) is 5.59. The number of hydrogen-bond donors (Lipinski definition) is 0. The van der Waals surface area contributed by atoms with Crippen molar-refractivity contribution in [2.24, 2.45) is 11.3 Å². The van der Waals surface area contributed by atoms with Gasteiger partial charge in [0.1, 0.15) is 11.0 Å². The molecular formula is C28H22BrNO3. The van der Waals surface area contributed by atoms with Crippen LogP contribution >= 0.6 is 15.9 Å². The number of para-hydroxylation sites is 1. The molecule has 2 heterocycles. The number of amides is 1. The van der Waals surface area contributed by atoms with Crippen molar-refractivity contribution in [3.05, 3.63) is 113 Å². The van der Waals surface area contributed by atoms with Crippen LogP contribution in [0, 0.1) is 11.3 Å². The number of anilines is 1. The molecule has 1 amide bonds. The molecule has 5 heteroatoms. The molecule has 0 saturated carbocycles. The first kappa shape index (κ1) is 20.6. The molecule has 0 unspecified atom stereocenters. The molecule has 3 aromatic carbocycles. The molecule has 4 atom stereocenters. The van der Waals surface area contributed by atoms with Gasteiger partial charge in [0.25, 0.3) is 0 Å². The van der Waals surface area contributed by atoms with Crippen LogP contribution in [0.25, 0.3) is 0 Å². The Morgan fingerprint density at radius 1 is 0.879 bits per heavy atom. The van der Waals surface area contributed by atoms with Gasteiger partial charge in [-0.3, -0.25) is 9.59 Å². The van der Waals surface area contributed by atoms with Gasteiger partial charge in [-0.05, 0) is 47.5 Å². The Labute approximate surface area is 201 Å². The lowest BCUT2D eigenvalue weighted by Crippen LogP contribution is -2.68. The van der Waals surface area contributed by atoms with E-state index < -0.39 is 11.0 Å². The number of halogens is 1. The lowest BCUT2D eigenvalue weighted by atomic mass is 9.55. The van der Waals surface area contributed by atoms with Crippen LogP contribution < -0.4 is 4.90 Å². The summed E-state index contributed by atoms with van der Waals surface area (Å²) in [6.45, 7) is 0.271. The van der Waals surface area contributed by atoms with E-state index >= 15 is 0 Å². The highest BCUT2D eigenvalue weighted by Crippen LogP contribution is 2.66. The van der Waals surface area contributed by atoms with E-state index in [-0.39, 0.29) is 36.7 Å². The normalized spacial score (nSPS) is 30.4. The van der Waals surface area contributed by atoms with Gasteiger partial charge >= 0.3 is 0 Å². The highest BCUT2D eigenvalue weighted by Gasteiger charge is 2.73. The largest absolute Gasteiger partial charge is 0.365 e. The van der Waals surface area contributed by atoms with Gasteiger partial charge in [0.05, 0.1) is 12.6 Å². The Morgan fingerprint density at radius 3 is 2.24 bits per heavy atom. The number of nitrogens with zero attached hydrogens (tertiary/aromatic N) is 1. The van der Waals surface area contributed by atoms with Gasteiger partial charge in [0.2, 0.25) is 5.91 Å². The summed E-state index contributed by atoms with van der Waals surface area (Å²) in [6, 6.07) is 27.7. The molecule has 2 aliphatic heterocycles. The van der Waals surface area contributed by atoms with E-state index in [1.807, 2.05) is 83.8 Å². The number of β-lactam (4-membered cyclic amide) rings is 1. The molecule has 3 aromatic rings. The average molecular weight is 500 g/mol. The molecule has 0 bridgehead atoms. The third-order valence-corrected chi connectivity index (χ3v) is 7.95. The summed E-state index contributed by atoms with van der Waals surface area (Å²) >= 11 is 3.51. The molecule has 4 nitrogen and oxygen atoms in total. The highest BCUT2D eigenvalue weighted by atomic mass is 79.9. The average Bonchev–Trinajstić information content (AvgIpc) is 3.21. The monoisotopic (exact) mass is 499 g/mol. The summed E-state index contributed by atoms with van der Waals surface area (Å²) in [7, 11) is 0. The maximum Gasteiger partial charge on any atom is 0.239 e.